The Labute approximate surface area is 109 Å². The Bertz CT molecular complexity index is 346. The molecular weight excluding hydrogens is 228 g/mol. The van der Waals surface area contributed by atoms with Gasteiger partial charge in [0, 0.05) is 19.2 Å². The zero-order valence-corrected chi connectivity index (χ0v) is 11.3. The minimum absolute atomic E-state index is 0.249. The summed E-state index contributed by atoms with van der Waals surface area (Å²) in [4.78, 5) is 10.5. The predicted molar refractivity (Wildman–Crippen MR) is 76.3 cm³/mol. The fourth-order valence-corrected chi connectivity index (χ4v) is 1.73. The molecule has 0 aromatic carbocycles. The van der Waals surface area contributed by atoms with E-state index in [2.05, 4.69) is 34.1 Å². The van der Waals surface area contributed by atoms with Gasteiger partial charge in [0.15, 0.2) is 0 Å². The lowest BCUT2D eigenvalue weighted by Crippen LogP contribution is -2.27. The molecule has 0 aliphatic rings. The van der Waals surface area contributed by atoms with Gasteiger partial charge in [-0.15, -0.1) is 0 Å². The second kappa shape index (κ2) is 7.71. The molecule has 0 amide bonds. The summed E-state index contributed by atoms with van der Waals surface area (Å²) in [5, 5.41) is 0. The summed E-state index contributed by atoms with van der Waals surface area (Å²) in [7, 11) is 0. The molecule has 0 saturated carbocycles. The molecule has 1 aromatic rings. The SMILES string of the molecule is CCCCN(CCCC)c1cc(NN)nc(N)n1. The first-order valence-corrected chi connectivity index (χ1v) is 6.57. The fourth-order valence-electron chi connectivity index (χ4n) is 1.73. The molecule has 0 bridgehead atoms. The molecule has 1 heterocycles. The van der Waals surface area contributed by atoms with Crippen molar-refractivity contribution < 1.29 is 0 Å². The quantitative estimate of drug-likeness (QED) is 0.482. The van der Waals surface area contributed by atoms with E-state index >= 15 is 0 Å². The molecule has 0 spiro atoms. The first kappa shape index (κ1) is 14.5. The van der Waals surface area contributed by atoms with Gasteiger partial charge in [-0.1, -0.05) is 26.7 Å². The molecule has 0 fully saturated rings. The molecule has 1 aromatic heterocycles. The number of rotatable bonds is 8. The molecule has 1 rings (SSSR count). The minimum atomic E-state index is 0.249. The first-order chi connectivity index (χ1) is 8.71. The van der Waals surface area contributed by atoms with Crippen molar-refractivity contribution in [3.63, 3.8) is 0 Å². The van der Waals surface area contributed by atoms with Crippen LogP contribution in [0.5, 0.6) is 0 Å². The summed E-state index contributed by atoms with van der Waals surface area (Å²) in [5.41, 5.74) is 8.20. The Morgan fingerprint density at radius 1 is 1.17 bits per heavy atom. The third-order valence-electron chi connectivity index (χ3n) is 2.76. The highest BCUT2D eigenvalue weighted by atomic mass is 15.3. The van der Waals surface area contributed by atoms with Gasteiger partial charge in [0.2, 0.25) is 5.95 Å². The molecule has 0 atom stereocenters. The van der Waals surface area contributed by atoms with Crippen LogP contribution in [0.1, 0.15) is 39.5 Å². The van der Waals surface area contributed by atoms with E-state index in [1.807, 2.05) is 6.07 Å². The van der Waals surface area contributed by atoms with Gasteiger partial charge in [-0.05, 0) is 12.8 Å². The summed E-state index contributed by atoms with van der Waals surface area (Å²) in [6.07, 6.45) is 4.59. The van der Waals surface area contributed by atoms with Gasteiger partial charge in [0.25, 0.3) is 0 Å². The third kappa shape index (κ3) is 4.37. The number of unbranched alkanes of at least 4 members (excludes halogenated alkanes) is 2. The van der Waals surface area contributed by atoms with Gasteiger partial charge in [-0.25, -0.2) is 5.84 Å². The molecule has 6 nitrogen and oxygen atoms in total. The number of hydrogen-bond donors (Lipinski definition) is 3. The number of anilines is 3. The van der Waals surface area contributed by atoms with E-state index in [9.17, 15) is 0 Å². The monoisotopic (exact) mass is 252 g/mol. The topological polar surface area (TPSA) is 93.1 Å². The first-order valence-electron chi connectivity index (χ1n) is 6.57. The molecule has 0 saturated heterocycles. The second-order valence-corrected chi connectivity index (χ2v) is 4.31. The largest absolute Gasteiger partial charge is 0.368 e. The van der Waals surface area contributed by atoms with E-state index in [0.29, 0.717) is 5.82 Å². The number of hydrazine groups is 1. The maximum atomic E-state index is 5.69. The second-order valence-electron chi connectivity index (χ2n) is 4.31. The third-order valence-corrected chi connectivity index (χ3v) is 2.76. The van der Waals surface area contributed by atoms with E-state index in [-0.39, 0.29) is 5.95 Å². The highest BCUT2D eigenvalue weighted by Gasteiger charge is 2.09. The van der Waals surface area contributed by atoms with Crippen molar-refractivity contribution >= 4 is 17.6 Å². The maximum Gasteiger partial charge on any atom is 0.223 e. The summed E-state index contributed by atoms with van der Waals surface area (Å²) in [5.74, 6) is 7.02. The molecule has 0 aliphatic heterocycles. The van der Waals surface area contributed by atoms with Crippen molar-refractivity contribution in [3.05, 3.63) is 6.07 Å². The molecule has 18 heavy (non-hydrogen) atoms. The predicted octanol–water partition coefficient (Wildman–Crippen LogP) is 1.75. The maximum absolute atomic E-state index is 5.69. The Balaban J connectivity index is 2.84. The van der Waals surface area contributed by atoms with Crippen LogP contribution >= 0.6 is 0 Å². The van der Waals surface area contributed by atoms with Crippen LogP contribution in [0.3, 0.4) is 0 Å². The summed E-state index contributed by atoms with van der Waals surface area (Å²) in [6, 6.07) is 1.84. The van der Waals surface area contributed by atoms with Gasteiger partial charge < -0.3 is 16.1 Å². The van der Waals surface area contributed by atoms with Crippen molar-refractivity contribution in [3.8, 4) is 0 Å². The van der Waals surface area contributed by atoms with Crippen LogP contribution in [-0.4, -0.2) is 23.1 Å². The number of aromatic nitrogens is 2. The lowest BCUT2D eigenvalue weighted by molar-refractivity contribution is 0.671. The van der Waals surface area contributed by atoms with Crippen LogP contribution in [0.4, 0.5) is 17.6 Å². The lowest BCUT2D eigenvalue weighted by Gasteiger charge is -2.23. The highest BCUT2D eigenvalue weighted by molar-refractivity contribution is 5.52. The standard InChI is InChI=1S/C12H24N6/c1-3-5-7-18(8-6-4-2)11-9-10(17-14)15-12(13)16-11/h9H,3-8,14H2,1-2H3,(H3,13,15,16,17). The minimum Gasteiger partial charge on any atom is -0.368 e. The summed E-state index contributed by atoms with van der Waals surface area (Å²) < 4.78 is 0. The van der Waals surface area contributed by atoms with Gasteiger partial charge in [0.05, 0.1) is 0 Å². The Kier molecular flexibility index (Phi) is 6.21. The fraction of sp³-hybridized carbons (Fsp3) is 0.667. The molecule has 6 heteroatoms. The van der Waals surface area contributed by atoms with E-state index in [0.717, 1.165) is 44.6 Å². The summed E-state index contributed by atoms with van der Waals surface area (Å²) >= 11 is 0. The van der Waals surface area contributed by atoms with Crippen LogP contribution < -0.4 is 21.9 Å². The van der Waals surface area contributed by atoms with E-state index in [1.165, 1.54) is 0 Å². The van der Waals surface area contributed by atoms with Gasteiger partial charge in [0.1, 0.15) is 11.6 Å². The van der Waals surface area contributed by atoms with Crippen LogP contribution in [0.2, 0.25) is 0 Å². The number of nitrogens with two attached hydrogens (primary N) is 2. The van der Waals surface area contributed by atoms with Crippen molar-refractivity contribution in [2.24, 2.45) is 5.84 Å². The van der Waals surface area contributed by atoms with Crippen molar-refractivity contribution in [2.45, 2.75) is 39.5 Å². The zero-order valence-electron chi connectivity index (χ0n) is 11.3. The van der Waals surface area contributed by atoms with Crippen LogP contribution in [0.15, 0.2) is 6.07 Å². The molecule has 0 radical (unpaired) electrons. The number of hydrogen-bond acceptors (Lipinski definition) is 6. The number of nitrogen functional groups attached to an aromatic ring is 2. The Morgan fingerprint density at radius 3 is 2.28 bits per heavy atom. The van der Waals surface area contributed by atoms with E-state index in [4.69, 9.17) is 11.6 Å². The molecule has 5 N–H and O–H groups in total. The molecule has 0 unspecified atom stereocenters. The Hall–Kier alpha value is -1.56. The van der Waals surface area contributed by atoms with Crippen LogP contribution in [0, 0.1) is 0 Å². The number of nitrogens with one attached hydrogen (secondary N) is 1. The summed E-state index contributed by atoms with van der Waals surface area (Å²) in [6.45, 7) is 6.33. The van der Waals surface area contributed by atoms with Crippen molar-refractivity contribution in [2.75, 3.05) is 29.1 Å². The van der Waals surface area contributed by atoms with Gasteiger partial charge >= 0.3 is 0 Å². The molecular formula is C12H24N6. The average molecular weight is 252 g/mol. The normalized spacial score (nSPS) is 10.4. The molecule has 0 aliphatic carbocycles. The van der Waals surface area contributed by atoms with Crippen molar-refractivity contribution in [1.82, 2.24) is 9.97 Å². The van der Waals surface area contributed by atoms with Crippen molar-refractivity contribution in [1.29, 1.82) is 0 Å². The average Bonchev–Trinajstić information content (AvgIpc) is 2.38. The molecule has 102 valence electrons. The van der Waals surface area contributed by atoms with Gasteiger partial charge in [-0.3, -0.25) is 0 Å². The van der Waals surface area contributed by atoms with Crippen LogP contribution in [-0.2, 0) is 0 Å². The Morgan fingerprint density at radius 2 is 1.78 bits per heavy atom. The van der Waals surface area contributed by atoms with E-state index in [1.54, 1.807) is 0 Å². The zero-order chi connectivity index (χ0) is 13.4. The lowest BCUT2D eigenvalue weighted by atomic mass is 10.2. The highest BCUT2D eigenvalue weighted by Crippen LogP contribution is 2.17. The van der Waals surface area contributed by atoms with Crippen LogP contribution in [0.25, 0.3) is 0 Å². The van der Waals surface area contributed by atoms with E-state index < -0.39 is 0 Å². The van der Waals surface area contributed by atoms with Gasteiger partial charge in [-0.2, -0.15) is 9.97 Å². The smallest absolute Gasteiger partial charge is 0.223 e. The number of nitrogens with zero attached hydrogens (tertiary/aromatic N) is 3.